The van der Waals surface area contributed by atoms with Crippen molar-refractivity contribution in [2.24, 2.45) is 5.92 Å². The number of hydrogen-bond donors (Lipinski definition) is 3. The summed E-state index contributed by atoms with van der Waals surface area (Å²) in [5.41, 5.74) is 3.80. The second-order valence-electron chi connectivity index (χ2n) is 16.3. The lowest BCUT2D eigenvalue weighted by molar-refractivity contribution is -0.161. The van der Waals surface area contributed by atoms with Gasteiger partial charge in [-0.15, -0.1) is 0 Å². The molecule has 3 aromatic carbocycles. The van der Waals surface area contributed by atoms with Gasteiger partial charge >= 0.3 is 24.2 Å². The zero-order valence-electron chi connectivity index (χ0n) is 34.2. The molecule has 1 aliphatic rings. The van der Waals surface area contributed by atoms with Gasteiger partial charge < -0.3 is 34.9 Å². The number of carbonyl (C=O) groups is 5. The van der Waals surface area contributed by atoms with Crippen LogP contribution in [0.5, 0.6) is 0 Å². The van der Waals surface area contributed by atoms with Crippen LogP contribution in [0.15, 0.2) is 78.9 Å². The fourth-order valence-corrected chi connectivity index (χ4v) is 6.63. The maximum atomic E-state index is 14.0. The van der Waals surface area contributed by atoms with Crippen LogP contribution in [-0.4, -0.2) is 67.0 Å². The van der Waals surface area contributed by atoms with Gasteiger partial charge in [0.05, 0.1) is 12.0 Å². The molecule has 0 spiro atoms. The summed E-state index contributed by atoms with van der Waals surface area (Å²) in [5, 5.41) is 8.24. The lowest BCUT2D eigenvalue weighted by atomic mass is 9.91. The van der Waals surface area contributed by atoms with Crippen molar-refractivity contribution in [3.05, 3.63) is 95.6 Å². The summed E-state index contributed by atoms with van der Waals surface area (Å²) < 4.78 is 22.1. The smallest absolute Gasteiger partial charge is 0.407 e. The van der Waals surface area contributed by atoms with Crippen LogP contribution in [0.1, 0.15) is 109 Å². The van der Waals surface area contributed by atoms with Gasteiger partial charge in [-0.2, -0.15) is 0 Å². The van der Waals surface area contributed by atoms with E-state index in [0.29, 0.717) is 45.2 Å². The predicted molar refractivity (Wildman–Crippen MR) is 218 cm³/mol. The molecule has 0 saturated carbocycles. The van der Waals surface area contributed by atoms with Gasteiger partial charge in [-0.25, -0.2) is 14.4 Å². The monoisotopic (exact) mass is 785 g/mol. The summed E-state index contributed by atoms with van der Waals surface area (Å²) in [5.74, 6) is -1.77. The van der Waals surface area contributed by atoms with Crippen LogP contribution < -0.4 is 16.0 Å². The fraction of sp³-hybridized carbons (Fsp3) is 0.489. The van der Waals surface area contributed by atoms with Crippen molar-refractivity contribution >= 4 is 30.0 Å². The van der Waals surface area contributed by atoms with Gasteiger partial charge in [0.1, 0.15) is 24.4 Å². The number of amides is 3. The molecule has 3 N–H and O–H groups in total. The molecule has 3 amide bonds. The predicted octanol–water partition coefficient (Wildman–Crippen LogP) is 8.60. The third-order valence-corrected chi connectivity index (χ3v) is 9.26. The van der Waals surface area contributed by atoms with E-state index in [1.165, 1.54) is 0 Å². The van der Waals surface area contributed by atoms with Gasteiger partial charge in [0.25, 0.3) is 0 Å². The molecule has 308 valence electrons. The van der Waals surface area contributed by atoms with Gasteiger partial charge in [0.2, 0.25) is 0 Å². The molecular weight excluding hydrogens is 727 g/mol. The third kappa shape index (κ3) is 15.2. The standard InChI is InChI=1S/C45H59N3O9/c1-44(2,3)56-40(50)32(20-14-16-26-46-41(51)54-29-31-18-8-7-9-19-31)28-39(49)38(25-15-17-27-47-42(52)57-45(4,5)6)48-43(53)55-30-37-35-23-12-10-21-33(35)34-22-11-13-24-36(34)37/h7-13,18-19,21-24,32,37-38H,14-17,20,25-30H2,1-6H3,(H,46,51)(H,47,52)(H,48,53)/t32-,38+/m1/s1. The quantitative estimate of drug-likeness (QED) is 0.0615. The second-order valence-corrected chi connectivity index (χ2v) is 16.3. The molecule has 0 saturated heterocycles. The first-order chi connectivity index (χ1) is 27.1. The van der Waals surface area contributed by atoms with E-state index in [4.69, 9.17) is 18.9 Å². The second kappa shape index (κ2) is 21.2. The Balaban J connectivity index is 1.36. The maximum absolute atomic E-state index is 14.0. The van der Waals surface area contributed by atoms with Crippen molar-refractivity contribution in [2.45, 2.75) is 116 Å². The Morgan fingerprint density at radius 1 is 0.614 bits per heavy atom. The minimum Gasteiger partial charge on any atom is -0.460 e. The highest BCUT2D eigenvalue weighted by Crippen LogP contribution is 2.44. The summed E-state index contributed by atoms with van der Waals surface area (Å²) in [7, 11) is 0. The van der Waals surface area contributed by atoms with Gasteiger partial charge in [-0.05, 0) is 101 Å². The molecule has 12 nitrogen and oxygen atoms in total. The summed E-state index contributed by atoms with van der Waals surface area (Å²) in [6.45, 7) is 11.5. The number of esters is 1. The fourth-order valence-electron chi connectivity index (χ4n) is 6.63. The van der Waals surface area contributed by atoms with Crippen LogP contribution in [0.25, 0.3) is 11.1 Å². The normalized spacial score (nSPS) is 13.3. The first-order valence-electron chi connectivity index (χ1n) is 19.9. The molecule has 1 aliphatic carbocycles. The average Bonchev–Trinajstić information content (AvgIpc) is 3.47. The highest BCUT2D eigenvalue weighted by atomic mass is 16.6. The Kier molecular flexibility index (Phi) is 16.5. The molecule has 0 heterocycles. The number of unbranched alkanes of at least 4 members (excludes halogenated alkanes) is 2. The van der Waals surface area contributed by atoms with Gasteiger partial charge in [0.15, 0.2) is 5.78 Å². The molecular formula is C45H59N3O9. The van der Waals surface area contributed by atoms with Crippen molar-refractivity contribution in [1.29, 1.82) is 0 Å². The lowest BCUT2D eigenvalue weighted by Crippen LogP contribution is -2.43. The minimum absolute atomic E-state index is 0.0783. The number of hydrogen-bond acceptors (Lipinski definition) is 9. The summed E-state index contributed by atoms with van der Waals surface area (Å²) in [6, 6.07) is 24.5. The van der Waals surface area contributed by atoms with Crippen molar-refractivity contribution in [2.75, 3.05) is 19.7 Å². The van der Waals surface area contributed by atoms with E-state index in [9.17, 15) is 24.0 Å². The molecule has 12 heteroatoms. The zero-order valence-corrected chi connectivity index (χ0v) is 34.2. The van der Waals surface area contributed by atoms with Crippen LogP contribution in [0.4, 0.5) is 14.4 Å². The Morgan fingerprint density at radius 2 is 1.16 bits per heavy atom. The molecule has 0 unspecified atom stereocenters. The molecule has 0 radical (unpaired) electrons. The van der Waals surface area contributed by atoms with Crippen molar-refractivity contribution in [1.82, 2.24) is 16.0 Å². The van der Waals surface area contributed by atoms with Gasteiger partial charge in [-0.1, -0.05) is 85.3 Å². The van der Waals surface area contributed by atoms with Crippen molar-refractivity contribution < 1.29 is 42.9 Å². The summed E-state index contributed by atoms with van der Waals surface area (Å²) >= 11 is 0. The van der Waals surface area contributed by atoms with Gasteiger partial charge in [-0.3, -0.25) is 9.59 Å². The number of rotatable bonds is 19. The summed E-state index contributed by atoms with van der Waals surface area (Å²) in [6.07, 6.45) is 0.690. The molecule has 0 bridgehead atoms. The lowest BCUT2D eigenvalue weighted by Gasteiger charge is -2.25. The SMILES string of the molecule is CC(C)(C)OC(=O)NCCCC[C@H](NC(=O)OCC1c2ccccc2-c2ccccc21)C(=O)C[C@@H](CCCCNC(=O)OCc1ccccc1)C(=O)OC(C)(C)C. The van der Waals surface area contributed by atoms with E-state index in [0.717, 1.165) is 27.8 Å². The van der Waals surface area contributed by atoms with E-state index < -0.39 is 47.4 Å². The Bertz CT molecular complexity index is 1750. The number of fused-ring (bicyclic) bond motifs is 3. The number of carbonyl (C=O) groups excluding carboxylic acids is 5. The number of ether oxygens (including phenoxy) is 4. The van der Waals surface area contributed by atoms with Crippen LogP contribution in [-0.2, 0) is 35.1 Å². The van der Waals surface area contributed by atoms with Crippen LogP contribution in [0.2, 0.25) is 0 Å². The Labute approximate surface area is 336 Å². The topological polar surface area (TPSA) is 158 Å². The minimum atomic E-state index is -0.951. The molecule has 4 rings (SSSR count). The van der Waals surface area contributed by atoms with E-state index in [1.807, 2.05) is 66.7 Å². The van der Waals surface area contributed by atoms with Gasteiger partial charge in [0, 0.05) is 25.4 Å². The highest BCUT2D eigenvalue weighted by molar-refractivity contribution is 5.90. The summed E-state index contributed by atoms with van der Waals surface area (Å²) in [4.78, 5) is 65.2. The number of nitrogens with one attached hydrogen (secondary N) is 3. The number of alkyl carbamates (subject to hydrolysis) is 3. The Morgan fingerprint density at radius 3 is 1.75 bits per heavy atom. The van der Waals surface area contributed by atoms with Crippen LogP contribution in [0, 0.1) is 5.92 Å². The van der Waals surface area contributed by atoms with Crippen molar-refractivity contribution in [3.8, 4) is 11.1 Å². The highest BCUT2D eigenvalue weighted by Gasteiger charge is 2.32. The first kappa shape index (κ1) is 44.3. The first-order valence-corrected chi connectivity index (χ1v) is 19.9. The number of ketones is 1. The number of Topliss-reactive ketones (excluding diaryl/α,β-unsaturated/α-hetero) is 1. The van der Waals surface area contributed by atoms with E-state index in [-0.39, 0.29) is 37.8 Å². The molecule has 0 fully saturated rings. The molecule has 3 aromatic rings. The molecule has 0 aromatic heterocycles. The molecule has 2 atom stereocenters. The average molecular weight is 786 g/mol. The number of benzene rings is 3. The van der Waals surface area contributed by atoms with E-state index in [2.05, 4.69) is 28.1 Å². The molecule has 0 aliphatic heterocycles. The molecule has 57 heavy (non-hydrogen) atoms. The third-order valence-electron chi connectivity index (χ3n) is 9.26. The Hall–Kier alpha value is -5.39. The van der Waals surface area contributed by atoms with Crippen molar-refractivity contribution in [3.63, 3.8) is 0 Å². The zero-order chi connectivity index (χ0) is 41.4. The largest absolute Gasteiger partial charge is 0.460 e. The van der Waals surface area contributed by atoms with E-state index in [1.54, 1.807) is 41.5 Å². The van der Waals surface area contributed by atoms with Crippen LogP contribution >= 0.6 is 0 Å². The van der Waals surface area contributed by atoms with E-state index >= 15 is 0 Å². The maximum Gasteiger partial charge on any atom is 0.407 e. The van der Waals surface area contributed by atoms with Crippen LogP contribution in [0.3, 0.4) is 0 Å².